The van der Waals surface area contributed by atoms with E-state index in [4.69, 9.17) is 4.74 Å². The van der Waals surface area contributed by atoms with Crippen molar-refractivity contribution in [2.24, 2.45) is 0 Å². The minimum absolute atomic E-state index is 0.146. The third-order valence-electron chi connectivity index (χ3n) is 4.06. The predicted molar refractivity (Wildman–Crippen MR) is 102 cm³/mol. The van der Waals surface area contributed by atoms with Crippen LogP contribution in [0.1, 0.15) is 11.1 Å². The zero-order chi connectivity index (χ0) is 18.9. The van der Waals surface area contributed by atoms with Crippen LogP contribution in [0, 0.1) is 6.92 Å². The quantitative estimate of drug-likeness (QED) is 0.835. The monoisotopic (exact) mass is 396 g/mol. The second-order valence-electron chi connectivity index (χ2n) is 6.15. The van der Waals surface area contributed by atoms with Crippen LogP contribution in [0.25, 0.3) is 0 Å². The van der Waals surface area contributed by atoms with Crippen LogP contribution in [-0.4, -0.2) is 36.2 Å². The molecule has 0 unspecified atom stereocenters. The standard InChI is InChI=1S/C17H20N2O5S2/c1-13-5-3-4-6-14(13)12-26(22,23)18-15-7-8-16-17(11-15)24-10-9-19(16)25(2,20)21/h3-8,11,18H,9-10,12H2,1-2H3. The van der Waals surface area contributed by atoms with Gasteiger partial charge in [0.05, 0.1) is 29.9 Å². The number of hydrogen-bond acceptors (Lipinski definition) is 5. The molecule has 0 amide bonds. The normalized spacial score (nSPS) is 14.5. The molecular weight excluding hydrogens is 376 g/mol. The van der Waals surface area contributed by atoms with Gasteiger partial charge in [0.25, 0.3) is 0 Å². The molecule has 9 heteroatoms. The highest BCUT2D eigenvalue weighted by Crippen LogP contribution is 2.35. The number of aryl methyl sites for hydroxylation is 1. The number of benzene rings is 2. The summed E-state index contributed by atoms with van der Waals surface area (Å²) in [4.78, 5) is 0. The molecule has 1 N–H and O–H groups in total. The molecule has 140 valence electrons. The predicted octanol–water partition coefficient (Wildman–Crippen LogP) is 2.10. The zero-order valence-corrected chi connectivity index (χ0v) is 16.1. The Balaban J connectivity index is 1.84. The third-order valence-corrected chi connectivity index (χ3v) is 6.48. The Morgan fingerprint density at radius 1 is 1.12 bits per heavy atom. The Bertz CT molecular complexity index is 1030. The lowest BCUT2D eigenvalue weighted by atomic mass is 10.1. The molecule has 0 fully saturated rings. The lowest BCUT2D eigenvalue weighted by Gasteiger charge is -2.29. The highest BCUT2D eigenvalue weighted by molar-refractivity contribution is 7.92. The molecule has 0 aromatic heterocycles. The van der Waals surface area contributed by atoms with E-state index in [2.05, 4.69) is 4.72 Å². The van der Waals surface area contributed by atoms with E-state index in [0.717, 1.165) is 17.4 Å². The Morgan fingerprint density at radius 3 is 2.54 bits per heavy atom. The van der Waals surface area contributed by atoms with Crippen molar-refractivity contribution in [3.05, 3.63) is 53.6 Å². The van der Waals surface area contributed by atoms with Crippen LogP contribution in [0.4, 0.5) is 11.4 Å². The van der Waals surface area contributed by atoms with Crippen molar-refractivity contribution in [2.45, 2.75) is 12.7 Å². The summed E-state index contributed by atoms with van der Waals surface area (Å²) in [6.45, 7) is 2.29. The summed E-state index contributed by atoms with van der Waals surface area (Å²) in [7, 11) is -7.03. The van der Waals surface area contributed by atoms with E-state index in [0.29, 0.717) is 17.1 Å². The van der Waals surface area contributed by atoms with Crippen LogP contribution in [0.5, 0.6) is 5.75 Å². The lowest BCUT2D eigenvalue weighted by molar-refractivity contribution is 0.316. The van der Waals surface area contributed by atoms with E-state index in [1.54, 1.807) is 18.2 Å². The minimum atomic E-state index is -3.62. The van der Waals surface area contributed by atoms with Crippen molar-refractivity contribution in [2.75, 3.05) is 28.4 Å². The molecule has 0 spiro atoms. The fourth-order valence-electron chi connectivity index (χ4n) is 2.80. The number of anilines is 2. The summed E-state index contributed by atoms with van der Waals surface area (Å²) in [6, 6.07) is 11.9. The number of fused-ring (bicyclic) bond motifs is 1. The fraction of sp³-hybridized carbons (Fsp3) is 0.294. The highest BCUT2D eigenvalue weighted by Gasteiger charge is 2.25. The Kier molecular flexibility index (Phi) is 4.85. The van der Waals surface area contributed by atoms with Gasteiger partial charge < -0.3 is 4.74 Å². The Morgan fingerprint density at radius 2 is 1.85 bits per heavy atom. The first-order chi connectivity index (χ1) is 12.2. The van der Waals surface area contributed by atoms with Crippen LogP contribution in [0.15, 0.2) is 42.5 Å². The number of nitrogens with one attached hydrogen (secondary N) is 1. The summed E-state index contributed by atoms with van der Waals surface area (Å²) in [5.74, 6) is 0.186. The van der Waals surface area contributed by atoms with Crippen molar-refractivity contribution in [1.29, 1.82) is 0 Å². The van der Waals surface area contributed by atoms with Gasteiger partial charge in [-0.05, 0) is 30.2 Å². The highest BCUT2D eigenvalue weighted by atomic mass is 32.2. The van der Waals surface area contributed by atoms with Crippen LogP contribution >= 0.6 is 0 Å². The van der Waals surface area contributed by atoms with E-state index < -0.39 is 20.0 Å². The Hall–Kier alpha value is -2.26. The number of hydrogen-bond donors (Lipinski definition) is 1. The van der Waals surface area contributed by atoms with Crippen molar-refractivity contribution >= 4 is 31.4 Å². The molecule has 0 bridgehead atoms. The van der Waals surface area contributed by atoms with Crippen LogP contribution in [0.2, 0.25) is 0 Å². The maximum Gasteiger partial charge on any atom is 0.236 e. The molecule has 1 aliphatic rings. The van der Waals surface area contributed by atoms with Gasteiger partial charge in [-0.2, -0.15) is 0 Å². The zero-order valence-electron chi connectivity index (χ0n) is 14.5. The molecular formula is C17H20N2O5S2. The molecule has 2 aromatic rings. The second-order valence-corrected chi connectivity index (χ2v) is 9.78. The summed E-state index contributed by atoms with van der Waals surface area (Å²) in [5.41, 5.74) is 2.35. The van der Waals surface area contributed by atoms with Crippen molar-refractivity contribution in [1.82, 2.24) is 0 Å². The number of nitrogens with zero attached hydrogens (tertiary/aromatic N) is 1. The SMILES string of the molecule is Cc1ccccc1CS(=O)(=O)Nc1ccc2c(c1)OCCN2S(C)(=O)=O. The molecule has 0 saturated heterocycles. The summed E-state index contributed by atoms with van der Waals surface area (Å²) in [5, 5.41) is 0. The molecule has 2 aromatic carbocycles. The van der Waals surface area contributed by atoms with Gasteiger partial charge in [0.1, 0.15) is 12.4 Å². The van der Waals surface area contributed by atoms with Gasteiger partial charge in [-0.25, -0.2) is 16.8 Å². The lowest BCUT2D eigenvalue weighted by Crippen LogP contribution is -2.37. The molecule has 0 aliphatic carbocycles. The Labute approximate surface area is 153 Å². The number of sulfonamides is 2. The van der Waals surface area contributed by atoms with Gasteiger partial charge in [-0.1, -0.05) is 24.3 Å². The molecule has 3 rings (SSSR count). The topological polar surface area (TPSA) is 92.8 Å². The van der Waals surface area contributed by atoms with Gasteiger partial charge in [0.2, 0.25) is 20.0 Å². The van der Waals surface area contributed by atoms with Gasteiger partial charge in [0, 0.05) is 6.07 Å². The van der Waals surface area contributed by atoms with Crippen LogP contribution < -0.4 is 13.8 Å². The second kappa shape index (κ2) is 6.81. The molecule has 1 aliphatic heterocycles. The molecule has 0 radical (unpaired) electrons. The average Bonchev–Trinajstić information content (AvgIpc) is 2.55. The molecule has 0 atom stereocenters. The van der Waals surface area contributed by atoms with Gasteiger partial charge >= 0.3 is 0 Å². The first kappa shape index (κ1) is 18.5. The largest absolute Gasteiger partial charge is 0.489 e. The van der Waals surface area contributed by atoms with Gasteiger partial charge in [-0.15, -0.1) is 0 Å². The van der Waals surface area contributed by atoms with Crippen molar-refractivity contribution in [3.63, 3.8) is 0 Å². The smallest absolute Gasteiger partial charge is 0.236 e. The van der Waals surface area contributed by atoms with E-state index in [9.17, 15) is 16.8 Å². The first-order valence-electron chi connectivity index (χ1n) is 7.95. The van der Waals surface area contributed by atoms with Crippen LogP contribution in [-0.2, 0) is 25.8 Å². The average molecular weight is 396 g/mol. The van der Waals surface area contributed by atoms with Crippen molar-refractivity contribution < 1.29 is 21.6 Å². The first-order valence-corrected chi connectivity index (χ1v) is 11.5. The fourth-order valence-corrected chi connectivity index (χ4v) is 5.00. The van der Waals surface area contributed by atoms with E-state index in [-0.39, 0.29) is 18.9 Å². The van der Waals surface area contributed by atoms with Gasteiger partial charge in [-0.3, -0.25) is 9.03 Å². The molecule has 26 heavy (non-hydrogen) atoms. The molecule has 7 nitrogen and oxygen atoms in total. The number of rotatable bonds is 5. The van der Waals surface area contributed by atoms with Crippen LogP contribution in [0.3, 0.4) is 0 Å². The summed E-state index contributed by atoms with van der Waals surface area (Å²) >= 11 is 0. The van der Waals surface area contributed by atoms with E-state index in [1.807, 2.05) is 19.1 Å². The maximum atomic E-state index is 12.5. The third kappa shape index (κ3) is 4.10. The molecule has 0 saturated carbocycles. The van der Waals surface area contributed by atoms with E-state index in [1.165, 1.54) is 16.4 Å². The summed E-state index contributed by atoms with van der Waals surface area (Å²) < 4.78 is 57.9. The summed E-state index contributed by atoms with van der Waals surface area (Å²) in [6.07, 6.45) is 1.13. The minimum Gasteiger partial charge on any atom is -0.489 e. The molecule has 1 heterocycles. The van der Waals surface area contributed by atoms with E-state index >= 15 is 0 Å². The maximum absolute atomic E-state index is 12.5. The van der Waals surface area contributed by atoms with Crippen molar-refractivity contribution in [3.8, 4) is 5.75 Å². The van der Waals surface area contributed by atoms with Gasteiger partial charge in [0.15, 0.2) is 0 Å². The number of ether oxygens (including phenoxy) is 1.